The van der Waals surface area contributed by atoms with Crippen molar-refractivity contribution < 1.29 is 19.4 Å². The molecule has 1 N–H and O–H groups in total. The van der Waals surface area contributed by atoms with E-state index in [1.807, 2.05) is 13.8 Å². The van der Waals surface area contributed by atoms with E-state index in [-0.39, 0.29) is 6.10 Å². The number of carboxylic acid groups (broad SMARTS) is 1. The highest BCUT2D eigenvalue weighted by molar-refractivity contribution is 9.26. The molecule has 0 rings (SSSR count). The fourth-order valence-corrected chi connectivity index (χ4v) is 1.28. The lowest BCUT2D eigenvalue weighted by Gasteiger charge is -2.20. The molecule has 0 saturated carbocycles. The first kappa shape index (κ1) is 15.9. The predicted octanol–water partition coefficient (Wildman–Crippen LogP) is 3.07. The Labute approximate surface area is 112 Å². The van der Waals surface area contributed by atoms with E-state index in [2.05, 4.69) is 31.9 Å². The molecule has 0 amide bonds. The van der Waals surface area contributed by atoms with Gasteiger partial charge in [-0.05, 0) is 44.7 Å². The lowest BCUT2D eigenvalue weighted by molar-refractivity contribution is -0.155. The molecule has 0 heterocycles. The molecule has 0 aliphatic heterocycles. The molecule has 0 aromatic rings. The molecule has 0 bridgehead atoms. The molecule has 94 valence electrons. The van der Waals surface area contributed by atoms with E-state index in [4.69, 9.17) is 9.84 Å². The number of carboxylic acids is 1. The molecular weight excluding hydrogens is 344 g/mol. The van der Waals surface area contributed by atoms with E-state index in [9.17, 15) is 9.59 Å². The molecule has 0 fully saturated rings. The van der Waals surface area contributed by atoms with Crippen molar-refractivity contribution in [3.63, 3.8) is 0 Å². The van der Waals surface area contributed by atoms with Crippen LogP contribution in [-0.2, 0) is 14.3 Å². The number of halogens is 2. The first-order valence-electron chi connectivity index (χ1n) is 5.18. The molecule has 1 atom stereocenters. The lowest BCUT2D eigenvalue weighted by atomic mass is 10.1. The molecule has 0 aliphatic rings. The Kier molecular flexibility index (Phi) is 7.22. The second-order valence-corrected chi connectivity index (χ2v) is 6.90. The van der Waals surface area contributed by atoms with E-state index in [0.29, 0.717) is 6.42 Å². The van der Waals surface area contributed by atoms with Crippen molar-refractivity contribution in [3.8, 4) is 0 Å². The summed E-state index contributed by atoms with van der Waals surface area (Å²) in [7, 11) is 0. The summed E-state index contributed by atoms with van der Waals surface area (Å²) in [5.41, 5.74) is 0. The average molecular weight is 360 g/mol. The van der Waals surface area contributed by atoms with Crippen LogP contribution >= 0.6 is 31.9 Å². The van der Waals surface area contributed by atoms with E-state index < -0.39 is 15.2 Å². The van der Waals surface area contributed by atoms with Crippen LogP contribution in [0.3, 0.4) is 0 Å². The highest BCUT2D eigenvalue weighted by Crippen LogP contribution is 2.29. The van der Waals surface area contributed by atoms with Gasteiger partial charge in [0.2, 0.25) is 0 Å². The van der Waals surface area contributed by atoms with Crippen LogP contribution in [0.2, 0.25) is 0 Å². The third-order valence-corrected chi connectivity index (χ3v) is 3.46. The molecule has 0 spiro atoms. The number of hydrogen-bond acceptors (Lipinski definition) is 3. The maximum atomic E-state index is 11.5. The minimum Gasteiger partial charge on any atom is -0.479 e. The van der Waals surface area contributed by atoms with Crippen molar-refractivity contribution in [3.05, 3.63) is 0 Å². The first-order valence-corrected chi connectivity index (χ1v) is 6.77. The third-order valence-electron chi connectivity index (χ3n) is 2.13. The van der Waals surface area contributed by atoms with Crippen molar-refractivity contribution in [2.75, 3.05) is 0 Å². The Hall–Kier alpha value is -0.100. The van der Waals surface area contributed by atoms with Gasteiger partial charge in [0, 0.05) is 0 Å². The second-order valence-electron chi connectivity index (χ2n) is 3.46. The highest BCUT2D eigenvalue weighted by Gasteiger charge is 2.43. The molecule has 0 saturated heterocycles. The van der Waals surface area contributed by atoms with Gasteiger partial charge in [-0.15, -0.1) is 0 Å². The van der Waals surface area contributed by atoms with Crippen LogP contribution in [0, 0.1) is 0 Å². The molecular formula is C10H16Br2O4. The maximum absolute atomic E-state index is 11.5. The van der Waals surface area contributed by atoms with Crippen LogP contribution in [0.1, 0.15) is 39.5 Å². The highest BCUT2D eigenvalue weighted by atomic mass is 79.9. The van der Waals surface area contributed by atoms with Gasteiger partial charge < -0.3 is 9.84 Å². The summed E-state index contributed by atoms with van der Waals surface area (Å²) < 4.78 is 3.28. The Morgan fingerprint density at radius 2 is 1.94 bits per heavy atom. The fourth-order valence-electron chi connectivity index (χ4n) is 1.09. The summed E-state index contributed by atoms with van der Waals surface area (Å²) in [4.78, 5) is 22.3. The summed E-state index contributed by atoms with van der Waals surface area (Å²) >= 11 is 5.56. The molecule has 0 aromatic carbocycles. The summed E-state index contributed by atoms with van der Waals surface area (Å²) in [5, 5.41) is 8.78. The maximum Gasteiger partial charge on any atom is 0.345 e. The van der Waals surface area contributed by atoms with Gasteiger partial charge in [-0.2, -0.15) is 0 Å². The molecule has 16 heavy (non-hydrogen) atoms. The average Bonchev–Trinajstić information content (AvgIpc) is 2.23. The van der Waals surface area contributed by atoms with Gasteiger partial charge in [-0.1, -0.05) is 26.7 Å². The van der Waals surface area contributed by atoms with Gasteiger partial charge in [0.05, 0.1) is 0 Å². The quantitative estimate of drug-likeness (QED) is 0.431. The number of rotatable bonds is 7. The fraction of sp³-hybridized carbons (Fsp3) is 0.800. The number of unbranched alkanes of at least 4 members (excludes halogenated alkanes) is 1. The molecule has 4 nitrogen and oxygen atoms in total. The molecule has 6 heteroatoms. The Balaban J connectivity index is 4.35. The van der Waals surface area contributed by atoms with Crippen LogP contribution in [0.4, 0.5) is 0 Å². The van der Waals surface area contributed by atoms with E-state index >= 15 is 0 Å². The summed E-state index contributed by atoms with van der Waals surface area (Å²) in [6, 6.07) is 0. The summed E-state index contributed by atoms with van der Waals surface area (Å²) in [5.74, 6) is -2.13. The molecule has 0 radical (unpaired) electrons. The zero-order chi connectivity index (χ0) is 12.8. The Bertz CT molecular complexity index is 253. The van der Waals surface area contributed by atoms with Crippen LogP contribution in [0.15, 0.2) is 0 Å². The smallest absolute Gasteiger partial charge is 0.345 e. The number of hydrogen-bond donors (Lipinski definition) is 1. The summed E-state index contributed by atoms with van der Waals surface area (Å²) in [6.45, 7) is 3.95. The second kappa shape index (κ2) is 7.27. The van der Waals surface area contributed by atoms with Gasteiger partial charge in [-0.25, -0.2) is 9.59 Å². The van der Waals surface area contributed by atoms with Crippen molar-refractivity contribution in [1.29, 1.82) is 0 Å². The van der Waals surface area contributed by atoms with E-state index in [0.717, 1.165) is 19.3 Å². The van der Waals surface area contributed by atoms with Gasteiger partial charge in [0.15, 0.2) is 0 Å². The third kappa shape index (κ3) is 4.82. The van der Waals surface area contributed by atoms with Gasteiger partial charge in [-0.3, -0.25) is 0 Å². The van der Waals surface area contributed by atoms with E-state index in [1.165, 1.54) is 0 Å². The Morgan fingerprint density at radius 1 is 1.38 bits per heavy atom. The zero-order valence-electron chi connectivity index (χ0n) is 9.33. The monoisotopic (exact) mass is 358 g/mol. The zero-order valence-corrected chi connectivity index (χ0v) is 12.5. The minimum absolute atomic E-state index is 0.221. The summed E-state index contributed by atoms with van der Waals surface area (Å²) in [6.07, 6.45) is 3.19. The van der Waals surface area contributed by atoms with Crippen LogP contribution in [-0.4, -0.2) is 26.4 Å². The first-order chi connectivity index (χ1) is 7.36. The van der Waals surface area contributed by atoms with Crippen LogP contribution in [0.25, 0.3) is 0 Å². The van der Waals surface area contributed by atoms with E-state index in [1.54, 1.807) is 0 Å². The Morgan fingerprint density at radius 3 is 2.31 bits per heavy atom. The molecule has 1 unspecified atom stereocenters. The van der Waals surface area contributed by atoms with Gasteiger partial charge in [0.1, 0.15) is 6.10 Å². The van der Waals surface area contributed by atoms with Crippen LogP contribution < -0.4 is 0 Å². The number of carbonyl (C=O) groups excluding carboxylic acids is 1. The largest absolute Gasteiger partial charge is 0.479 e. The number of carbonyl (C=O) groups is 2. The van der Waals surface area contributed by atoms with Gasteiger partial charge in [0.25, 0.3) is 3.23 Å². The topological polar surface area (TPSA) is 63.6 Å². The molecule has 0 aromatic heterocycles. The number of ether oxygens (including phenoxy) is 1. The van der Waals surface area contributed by atoms with Crippen molar-refractivity contribution in [2.45, 2.75) is 48.9 Å². The number of esters is 1. The van der Waals surface area contributed by atoms with Gasteiger partial charge >= 0.3 is 11.9 Å². The van der Waals surface area contributed by atoms with Crippen molar-refractivity contribution >= 4 is 43.8 Å². The predicted molar refractivity (Wildman–Crippen MR) is 67.9 cm³/mol. The number of alkyl halides is 2. The standard InChI is InChI=1S/C10H16Br2O4/c1-3-5-6-7(4-2)16-9(15)10(11,12)8(13)14/h7H,3-6H2,1-2H3,(H,13,14). The van der Waals surface area contributed by atoms with Crippen LogP contribution in [0.5, 0.6) is 0 Å². The SMILES string of the molecule is CCCCC(CC)OC(=O)C(Br)(Br)C(=O)O. The van der Waals surface area contributed by atoms with Crippen molar-refractivity contribution in [2.24, 2.45) is 0 Å². The van der Waals surface area contributed by atoms with Crippen molar-refractivity contribution in [1.82, 2.24) is 0 Å². The normalized spacial score (nSPS) is 13.2. The number of aliphatic carboxylic acids is 1. The lowest BCUT2D eigenvalue weighted by Crippen LogP contribution is -2.38. The molecule has 0 aliphatic carbocycles. The minimum atomic E-state index is -1.83.